The second kappa shape index (κ2) is 5.40. The molecule has 1 rings (SSSR count). The third-order valence-corrected chi connectivity index (χ3v) is 3.04. The number of nitrogens with two attached hydrogens (primary N) is 1. The molecular weight excluding hydrogens is 230 g/mol. The number of benzene rings is 1. The second-order valence-corrected chi connectivity index (χ2v) is 4.85. The molecule has 0 spiro atoms. The van der Waals surface area contributed by atoms with Gasteiger partial charge in [-0.05, 0) is 44.4 Å². The molecule has 0 aliphatic carbocycles. The topological polar surface area (TPSA) is 61.5 Å². The number of ether oxygens (including phenoxy) is 2. The molecular formula is C14H21NO3. The summed E-state index contributed by atoms with van der Waals surface area (Å²) in [7, 11) is 1.32. The average molecular weight is 251 g/mol. The van der Waals surface area contributed by atoms with Crippen molar-refractivity contribution >= 4 is 5.97 Å². The molecule has 0 aliphatic rings. The van der Waals surface area contributed by atoms with E-state index in [1.54, 1.807) is 6.92 Å². The molecule has 2 N–H and O–H groups in total. The summed E-state index contributed by atoms with van der Waals surface area (Å²) in [5, 5.41) is 0. The lowest BCUT2D eigenvalue weighted by Crippen LogP contribution is -2.50. The van der Waals surface area contributed by atoms with Crippen LogP contribution in [0.5, 0.6) is 5.75 Å². The normalized spacial score (nSPS) is 13.9. The highest BCUT2D eigenvalue weighted by molar-refractivity contribution is 5.80. The summed E-state index contributed by atoms with van der Waals surface area (Å²) in [5.41, 5.74) is 7.95. The predicted octanol–water partition coefficient (Wildman–Crippen LogP) is 1.88. The van der Waals surface area contributed by atoms with Crippen LogP contribution in [0.15, 0.2) is 12.1 Å². The minimum Gasteiger partial charge on any atom is -0.490 e. The van der Waals surface area contributed by atoms with Crippen LogP contribution in [0.1, 0.15) is 23.6 Å². The summed E-state index contributed by atoms with van der Waals surface area (Å²) >= 11 is 0. The molecule has 4 heteroatoms. The Bertz CT molecular complexity index is 453. The third-order valence-electron chi connectivity index (χ3n) is 3.04. The Labute approximate surface area is 108 Å². The van der Waals surface area contributed by atoms with Gasteiger partial charge in [0.1, 0.15) is 17.9 Å². The summed E-state index contributed by atoms with van der Waals surface area (Å²) in [6.45, 7) is 7.66. The van der Waals surface area contributed by atoms with Crippen molar-refractivity contribution < 1.29 is 14.3 Å². The lowest BCUT2D eigenvalue weighted by atomic mass is 10.0. The van der Waals surface area contributed by atoms with Crippen molar-refractivity contribution in [1.82, 2.24) is 0 Å². The van der Waals surface area contributed by atoms with Crippen LogP contribution in [0.4, 0.5) is 0 Å². The highest BCUT2D eigenvalue weighted by Crippen LogP contribution is 2.26. The predicted molar refractivity (Wildman–Crippen MR) is 70.8 cm³/mol. The monoisotopic (exact) mass is 251 g/mol. The van der Waals surface area contributed by atoms with E-state index in [2.05, 4.69) is 4.74 Å². The van der Waals surface area contributed by atoms with Gasteiger partial charge in [-0.15, -0.1) is 0 Å². The van der Waals surface area contributed by atoms with E-state index in [0.29, 0.717) is 0 Å². The van der Waals surface area contributed by atoms with E-state index in [-0.39, 0.29) is 6.61 Å². The first-order chi connectivity index (χ1) is 8.29. The molecule has 18 heavy (non-hydrogen) atoms. The number of hydrogen-bond donors (Lipinski definition) is 1. The van der Waals surface area contributed by atoms with Gasteiger partial charge < -0.3 is 15.2 Å². The highest BCUT2D eigenvalue weighted by Gasteiger charge is 2.30. The molecule has 0 bridgehead atoms. The average Bonchev–Trinajstić information content (AvgIpc) is 2.32. The minimum absolute atomic E-state index is 0.0881. The first-order valence-electron chi connectivity index (χ1n) is 5.86. The van der Waals surface area contributed by atoms with E-state index in [9.17, 15) is 4.79 Å². The van der Waals surface area contributed by atoms with Crippen molar-refractivity contribution in [3.63, 3.8) is 0 Å². The zero-order valence-corrected chi connectivity index (χ0v) is 11.7. The van der Waals surface area contributed by atoms with E-state index in [0.717, 1.165) is 22.4 Å². The number of esters is 1. The number of aryl methyl sites for hydroxylation is 2. The van der Waals surface area contributed by atoms with Gasteiger partial charge in [-0.1, -0.05) is 12.1 Å². The first-order valence-corrected chi connectivity index (χ1v) is 5.86. The Kier molecular flexibility index (Phi) is 4.35. The molecule has 1 atom stereocenters. The van der Waals surface area contributed by atoms with Gasteiger partial charge in [0.05, 0.1) is 7.11 Å². The summed E-state index contributed by atoms with van der Waals surface area (Å²) in [4.78, 5) is 11.5. The molecule has 0 heterocycles. The van der Waals surface area contributed by atoms with E-state index in [4.69, 9.17) is 10.5 Å². The molecule has 1 unspecified atom stereocenters. The van der Waals surface area contributed by atoms with E-state index >= 15 is 0 Å². The van der Waals surface area contributed by atoms with Crippen molar-refractivity contribution in [2.45, 2.75) is 33.2 Å². The molecule has 0 saturated heterocycles. The molecule has 0 aliphatic heterocycles. The van der Waals surface area contributed by atoms with Crippen LogP contribution in [-0.2, 0) is 9.53 Å². The minimum atomic E-state index is -1.14. The van der Waals surface area contributed by atoms with Gasteiger partial charge in [0.15, 0.2) is 0 Å². The molecule has 4 nitrogen and oxygen atoms in total. The van der Waals surface area contributed by atoms with Crippen LogP contribution in [0, 0.1) is 20.8 Å². The Balaban J connectivity index is 2.87. The van der Waals surface area contributed by atoms with Crippen molar-refractivity contribution in [2.75, 3.05) is 13.7 Å². The summed E-state index contributed by atoms with van der Waals surface area (Å²) < 4.78 is 10.4. The number of carbonyl (C=O) groups excluding carboxylic acids is 1. The molecule has 0 radical (unpaired) electrons. The molecule has 100 valence electrons. The van der Waals surface area contributed by atoms with Crippen LogP contribution < -0.4 is 10.5 Å². The first kappa shape index (κ1) is 14.5. The fourth-order valence-electron chi connectivity index (χ4n) is 1.66. The van der Waals surface area contributed by atoms with Gasteiger partial charge in [-0.25, -0.2) is 4.79 Å². The van der Waals surface area contributed by atoms with Crippen LogP contribution in [-0.4, -0.2) is 25.2 Å². The van der Waals surface area contributed by atoms with Crippen molar-refractivity contribution in [3.8, 4) is 5.75 Å². The number of hydrogen-bond acceptors (Lipinski definition) is 4. The van der Waals surface area contributed by atoms with Crippen molar-refractivity contribution in [3.05, 3.63) is 28.8 Å². The van der Waals surface area contributed by atoms with Gasteiger partial charge in [0, 0.05) is 0 Å². The summed E-state index contributed by atoms with van der Waals surface area (Å²) in [6.07, 6.45) is 0. The molecule has 0 saturated carbocycles. The second-order valence-electron chi connectivity index (χ2n) is 4.85. The summed E-state index contributed by atoms with van der Waals surface area (Å²) in [5.74, 6) is 0.307. The van der Waals surface area contributed by atoms with E-state index in [1.165, 1.54) is 7.11 Å². The maximum Gasteiger partial charge on any atom is 0.329 e. The SMILES string of the molecule is COC(=O)C(C)(N)COc1c(C)ccc(C)c1C. The van der Waals surface area contributed by atoms with Crippen LogP contribution in [0.3, 0.4) is 0 Å². The van der Waals surface area contributed by atoms with Crippen LogP contribution in [0.2, 0.25) is 0 Å². The van der Waals surface area contributed by atoms with Crippen molar-refractivity contribution in [2.24, 2.45) is 5.73 Å². The quantitative estimate of drug-likeness (QED) is 0.830. The maximum atomic E-state index is 11.5. The zero-order chi connectivity index (χ0) is 13.9. The van der Waals surface area contributed by atoms with Crippen LogP contribution >= 0.6 is 0 Å². The molecule has 0 amide bonds. The van der Waals surface area contributed by atoms with E-state index < -0.39 is 11.5 Å². The number of carbonyl (C=O) groups is 1. The maximum absolute atomic E-state index is 11.5. The number of rotatable bonds is 4. The highest BCUT2D eigenvalue weighted by atomic mass is 16.5. The zero-order valence-electron chi connectivity index (χ0n) is 11.7. The third kappa shape index (κ3) is 3.01. The lowest BCUT2D eigenvalue weighted by molar-refractivity contribution is -0.147. The van der Waals surface area contributed by atoms with Crippen LogP contribution in [0.25, 0.3) is 0 Å². The Morgan fingerprint density at radius 3 is 2.39 bits per heavy atom. The van der Waals surface area contributed by atoms with Crippen molar-refractivity contribution in [1.29, 1.82) is 0 Å². The smallest absolute Gasteiger partial charge is 0.329 e. The number of methoxy groups -OCH3 is 1. The van der Waals surface area contributed by atoms with Gasteiger partial charge in [0.25, 0.3) is 0 Å². The Morgan fingerprint density at radius 1 is 1.28 bits per heavy atom. The summed E-state index contributed by atoms with van der Waals surface area (Å²) in [6, 6.07) is 4.03. The van der Waals surface area contributed by atoms with E-state index in [1.807, 2.05) is 32.9 Å². The molecule has 0 fully saturated rings. The van der Waals surface area contributed by atoms with Gasteiger partial charge in [-0.2, -0.15) is 0 Å². The molecule has 1 aromatic carbocycles. The molecule has 0 aromatic heterocycles. The Morgan fingerprint density at radius 2 is 1.83 bits per heavy atom. The Hall–Kier alpha value is -1.55. The lowest BCUT2D eigenvalue weighted by Gasteiger charge is -2.23. The van der Waals surface area contributed by atoms with Gasteiger partial charge in [0.2, 0.25) is 0 Å². The standard InChI is InChI=1S/C14H21NO3/c1-9-6-7-10(2)12(11(9)3)18-8-14(4,15)13(16)17-5/h6-7H,8,15H2,1-5H3. The van der Waals surface area contributed by atoms with Gasteiger partial charge in [-0.3, -0.25) is 0 Å². The largest absolute Gasteiger partial charge is 0.490 e. The fraction of sp³-hybridized carbons (Fsp3) is 0.500. The van der Waals surface area contributed by atoms with Gasteiger partial charge >= 0.3 is 5.97 Å². The molecule has 1 aromatic rings. The fourth-order valence-corrected chi connectivity index (χ4v) is 1.66.